The Morgan fingerprint density at radius 2 is 1.77 bits per heavy atom. The molecule has 160 valence electrons. The second-order valence-corrected chi connectivity index (χ2v) is 9.17. The fourth-order valence-electron chi connectivity index (χ4n) is 4.60. The fraction of sp³-hybridized carbons (Fsp3) is 0.522. The summed E-state index contributed by atoms with van der Waals surface area (Å²) in [6.07, 6.45) is 7.44. The average molecular weight is 427 g/mol. The van der Waals surface area contributed by atoms with Crippen LogP contribution in [0, 0.1) is 11.8 Å². The van der Waals surface area contributed by atoms with E-state index in [2.05, 4.69) is 11.9 Å². The lowest BCUT2D eigenvalue weighted by Gasteiger charge is -2.37. The van der Waals surface area contributed by atoms with Gasteiger partial charge in [-0.25, -0.2) is 4.98 Å². The van der Waals surface area contributed by atoms with E-state index in [1.165, 1.54) is 18.2 Å². The van der Waals surface area contributed by atoms with Crippen molar-refractivity contribution in [3.63, 3.8) is 0 Å². The highest BCUT2D eigenvalue weighted by atomic mass is 32.2. The zero-order chi connectivity index (χ0) is 21.1. The normalized spacial score (nSPS) is 20.4. The Labute approximate surface area is 182 Å². The van der Waals surface area contributed by atoms with Crippen LogP contribution in [0.15, 0.2) is 41.7 Å². The maximum Gasteiger partial charge on any atom is 0.272 e. The molecule has 2 saturated heterocycles. The molecule has 4 rings (SSSR count). The lowest BCUT2D eigenvalue weighted by Crippen LogP contribution is -2.47. The molecular weight excluding hydrogens is 396 g/mol. The minimum absolute atomic E-state index is 0.0100. The van der Waals surface area contributed by atoms with Crippen molar-refractivity contribution in [2.24, 2.45) is 11.8 Å². The third-order valence-electron chi connectivity index (χ3n) is 6.25. The van der Waals surface area contributed by atoms with Crippen LogP contribution in [0.1, 0.15) is 43.1 Å². The highest BCUT2D eigenvalue weighted by Gasteiger charge is 2.33. The highest BCUT2D eigenvalue weighted by molar-refractivity contribution is 7.98. The van der Waals surface area contributed by atoms with Crippen molar-refractivity contribution in [3.05, 3.63) is 42.2 Å². The lowest BCUT2D eigenvalue weighted by atomic mass is 9.92. The highest BCUT2D eigenvalue weighted by Crippen LogP contribution is 2.26. The van der Waals surface area contributed by atoms with Crippen molar-refractivity contribution in [1.29, 1.82) is 0 Å². The zero-order valence-corrected chi connectivity index (χ0v) is 18.6. The van der Waals surface area contributed by atoms with Crippen LogP contribution in [0.2, 0.25) is 0 Å². The van der Waals surface area contributed by atoms with Crippen LogP contribution in [0.3, 0.4) is 0 Å². The number of nitrogens with zero attached hydrogens (tertiary/aromatic N) is 4. The first kappa shape index (κ1) is 21.0. The van der Waals surface area contributed by atoms with Gasteiger partial charge < -0.3 is 9.80 Å². The van der Waals surface area contributed by atoms with Crippen LogP contribution in [-0.4, -0.2) is 63.6 Å². The molecule has 0 saturated carbocycles. The number of hydrogen-bond donors (Lipinski definition) is 0. The summed E-state index contributed by atoms with van der Waals surface area (Å²) in [5, 5.41) is 0.800. The number of carbonyl (C=O) groups is 2. The third kappa shape index (κ3) is 4.26. The van der Waals surface area contributed by atoms with E-state index in [9.17, 15) is 9.59 Å². The molecule has 0 spiro atoms. The van der Waals surface area contributed by atoms with Gasteiger partial charge in [-0.1, -0.05) is 36.9 Å². The van der Waals surface area contributed by atoms with Gasteiger partial charge in [0.25, 0.3) is 5.91 Å². The average Bonchev–Trinajstić information content (AvgIpc) is 3.23. The largest absolute Gasteiger partial charge is 0.342 e. The van der Waals surface area contributed by atoms with Crippen LogP contribution in [0.5, 0.6) is 0 Å². The molecule has 2 amide bonds. The standard InChI is InChI=1S/C23H30N4O2S/c1-17-7-6-12-26(16-17)21(28)18-10-13-25(14-11-18)22(29)20-15-24-23(30-2)27(20)19-8-4-3-5-9-19/h3-5,8-9,15,17-18H,6-7,10-14,16H2,1-2H3/t17-/m0/s1. The summed E-state index contributed by atoms with van der Waals surface area (Å²) >= 11 is 1.53. The van der Waals surface area contributed by atoms with Gasteiger partial charge >= 0.3 is 0 Å². The number of thioether (sulfide) groups is 1. The van der Waals surface area contributed by atoms with Gasteiger partial charge in [-0.2, -0.15) is 0 Å². The monoisotopic (exact) mass is 426 g/mol. The summed E-state index contributed by atoms with van der Waals surface area (Å²) in [7, 11) is 0. The van der Waals surface area contributed by atoms with Crippen molar-refractivity contribution in [1.82, 2.24) is 19.4 Å². The maximum absolute atomic E-state index is 13.3. The first-order chi connectivity index (χ1) is 14.6. The second-order valence-electron chi connectivity index (χ2n) is 8.40. The fourth-order valence-corrected chi connectivity index (χ4v) is 5.14. The van der Waals surface area contributed by atoms with Crippen LogP contribution in [-0.2, 0) is 4.79 Å². The van der Waals surface area contributed by atoms with Gasteiger partial charge in [0.1, 0.15) is 5.69 Å². The predicted molar refractivity (Wildman–Crippen MR) is 119 cm³/mol. The number of amides is 2. The molecule has 1 atom stereocenters. The summed E-state index contributed by atoms with van der Waals surface area (Å²) in [6.45, 7) is 5.22. The van der Waals surface area contributed by atoms with Gasteiger partial charge in [-0.15, -0.1) is 0 Å². The lowest BCUT2D eigenvalue weighted by molar-refractivity contribution is -0.138. The summed E-state index contributed by atoms with van der Waals surface area (Å²) in [6, 6.07) is 9.87. The summed E-state index contributed by atoms with van der Waals surface area (Å²) in [5.74, 6) is 0.908. The van der Waals surface area contributed by atoms with Gasteiger partial charge in [0.05, 0.1) is 6.20 Å². The van der Waals surface area contributed by atoms with E-state index in [1.807, 2.05) is 51.0 Å². The number of benzene rings is 1. The number of piperidine rings is 2. The zero-order valence-electron chi connectivity index (χ0n) is 17.8. The quantitative estimate of drug-likeness (QED) is 0.700. The van der Waals surface area contributed by atoms with Gasteiger partial charge in [-0.05, 0) is 50.0 Å². The Morgan fingerprint density at radius 1 is 1.03 bits per heavy atom. The van der Waals surface area contributed by atoms with Crippen molar-refractivity contribution in [2.75, 3.05) is 32.4 Å². The van der Waals surface area contributed by atoms with E-state index in [-0.39, 0.29) is 17.7 Å². The van der Waals surface area contributed by atoms with Crippen molar-refractivity contribution in [2.45, 2.75) is 37.8 Å². The molecule has 0 unspecified atom stereocenters. The van der Waals surface area contributed by atoms with E-state index in [1.54, 1.807) is 6.20 Å². The summed E-state index contributed by atoms with van der Waals surface area (Å²) < 4.78 is 1.93. The molecule has 0 radical (unpaired) electrons. The molecule has 6 nitrogen and oxygen atoms in total. The Kier molecular flexibility index (Phi) is 6.46. The van der Waals surface area contributed by atoms with E-state index in [0.29, 0.717) is 24.7 Å². The van der Waals surface area contributed by atoms with E-state index < -0.39 is 0 Å². The Morgan fingerprint density at radius 3 is 2.43 bits per heavy atom. The molecule has 30 heavy (non-hydrogen) atoms. The summed E-state index contributed by atoms with van der Waals surface area (Å²) in [4.78, 5) is 34.6. The van der Waals surface area contributed by atoms with Gasteiger partial charge in [-0.3, -0.25) is 14.2 Å². The topological polar surface area (TPSA) is 58.4 Å². The van der Waals surface area contributed by atoms with Crippen molar-refractivity contribution < 1.29 is 9.59 Å². The predicted octanol–water partition coefficient (Wildman–Crippen LogP) is 3.70. The number of likely N-dealkylation sites (tertiary alicyclic amines) is 2. The molecular formula is C23H30N4O2S. The minimum Gasteiger partial charge on any atom is -0.342 e. The minimum atomic E-state index is -0.0100. The molecule has 0 N–H and O–H groups in total. The molecule has 2 aromatic rings. The number of hydrogen-bond acceptors (Lipinski definition) is 4. The third-order valence-corrected chi connectivity index (χ3v) is 6.90. The number of aromatic nitrogens is 2. The molecule has 2 fully saturated rings. The Balaban J connectivity index is 1.44. The SMILES string of the molecule is CSc1ncc(C(=O)N2CCC(C(=O)N3CCC[C@H](C)C3)CC2)n1-c1ccccc1. The van der Waals surface area contributed by atoms with Crippen molar-refractivity contribution in [3.8, 4) is 5.69 Å². The number of imidazole rings is 1. The molecule has 2 aliphatic heterocycles. The first-order valence-electron chi connectivity index (χ1n) is 10.8. The van der Waals surface area contributed by atoms with Gasteiger partial charge in [0, 0.05) is 37.8 Å². The van der Waals surface area contributed by atoms with E-state index in [0.717, 1.165) is 43.2 Å². The molecule has 0 aliphatic carbocycles. The maximum atomic E-state index is 13.3. The van der Waals surface area contributed by atoms with Crippen LogP contribution in [0.25, 0.3) is 5.69 Å². The molecule has 3 heterocycles. The van der Waals surface area contributed by atoms with Crippen LogP contribution < -0.4 is 0 Å². The molecule has 1 aromatic heterocycles. The van der Waals surface area contributed by atoms with Crippen LogP contribution in [0.4, 0.5) is 0 Å². The smallest absolute Gasteiger partial charge is 0.272 e. The Bertz CT molecular complexity index is 890. The van der Waals surface area contributed by atoms with E-state index >= 15 is 0 Å². The summed E-state index contributed by atoms with van der Waals surface area (Å²) in [5.41, 5.74) is 1.52. The number of para-hydroxylation sites is 1. The molecule has 7 heteroatoms. The van der Waals surface area contributed by atoms with Gasteiger partial charge in [0.2, 0.25) is 5.91 Å². The van der Waals surface area contributed by atoms with Gasteiger partial charge in [0.15, 0.2) is 5.16 Å². The molecule has 0 bridgehead atoms. The second kappa shape index (κ2) is 9.25. The molecule has 2 aliphatic rings. The molecule has 1 aromatic carbocycles. The first-order valence-corrected chi connectivity index (χ1v) is 12.1. The number of rotatable bonds is 4. The van der Waals surface area contributed by atoms with E-state index in [4.69, 9.17) is 0 Å². The van der Waals surface area contributed by atoms with Crippen molar-refractivity contribution >= 4 is 23.6 Å². The number of carbonyl (C=O) groups excluding carboxylic acids is 2. The Hall–Kier alpha value is -2.28. The van der Waals surface area contributed by atoms with Crippen LogP contribution >= 0.6 is 11.8 Å².